The number of nitrogens with one attached hydrogen (secondary N) is 1. The van der Waals surface area contributed by atoms with Crippen LogP contribution in [0.3, 0.4) is 0 Å². The van der Waals surface area contributed by atoms with Gasteiger partial charge in [-0.25, -0.2) is 4.98 Å². The fourth-order valence-corrected chi connectivity index (χ4v) is 3.15. The molecule has 0 radical (unpaired) electrons. The lowest BCUT2D eigenvalue weighted by Crippen LogP contribution is -2.36. The standard InChI is InChI=1S/C17H28ClN3/c1-6-13-8-7-12(2)21(13)16-10-9-14(18)15(20-16)11-19-17(3,4)5/h9-10,12-13,19H,6-8,11H2,1-5H3. The van der Waals surface area contributed by atoms with Crippen molar-refractivity contribution in [2.24, 2.45) is 0 Å². The Morgan fingerprint density at radius 2 is 2.05 bits per heavy atom. The van der Waals surface area contributed by atoms with Crippen LogP contribution in [0.1, 0.15) is 59.6 Å². The molecule has 0 amide bonds. The van der Waals surface area contributed by atoms with Crippen LogP contribution in [-0.4, -0.2) is 22.6 Å². The van der Waals surface area contributed by atoms with Crippen molar-refractivity contribution in [2.45, 2.75) is 78.0 Å². The number of halogens is 1. The summed E-state index contributed by atoms with van der Waals surface area (Å²) in [6, 6.07) is 5.22. The molecular weight excluding hydrogens is 282 g/mol. The third kappa shape index (κ3) is 4.10. The molecule has 1 fully saturated rings. The van der Waals surface area contributed by atoms with Crippen molar-refractivity contribution in [3.05, 3.63) is 22.8 Å². The van der Waals surface area contributed by atoms with Crippen molar-refractivity contribution >= 4 is 17.4 Å². The molecule has 1 saturated heterocycles. The second-order valence-electron chi connectivity index (χ2n) is 7.10. The van der Waals surface area contributed by atoms with Crippen molar-refractivity contribution in [1.82, 2.24) is 10.3 Å². The van der Waals surface area contributed by atoms with E-state index in [9.17, 15) is 0 Å². The molecule has 0 aliphatic carbocycles. The van der Waals surface area contributed by atoms with Crippen LogP contribution in [0.2, 0.25) is 5.02 Å². The highest BCUT2D eigenvalue weighted by Crippen LogP contribution is 2.32. The Morgan fingerprint density at radius 1 is 1.33 bits per heavy atom. The first-order valence-electron chi connectivity index (χ1n) is 8.00. The normalized spacial score (nSPS) is 22.9. The molecule has 1 aliphatic heterocycles. The maximum absolute atomic E-state index is 6.32. The van der Waals surface area contributed by atoms with E-state index in [-0.39, 0.29) is 5.54 Å². The molecule has 2 heterocycles. The number of pyridine rings is 1. The number of nitrogens with zero attached hydrogens (tertiary/aromatic N) is 2. The first kappa shape index (κ1) is 16.6. The minimum absolute atomic E-state index is 0.0634. The number of anilines is 1. The van der Waals surface area contributed by atoms with Crippen LogP contribution in [0.5, 0.6) is 0 Å². The van der Waals surface area contributed by atoms with Crippen molar-refractivity contribution in [1.29, 1.82) is 0 Å². The van der Waals surface area contributed by atoms with Crippen LogP contribution in [0.15, 0.2) is 12.1 Å². The first-order valence-corrected chi connectivity index (χ1v) is 8.38. The molecule has 1 aromatic heterocycles. The lowest BCUT2D eigenvalue weighted by atomic mass is 10.1. The van der Waals surface area contributed by atoms with Crippen LogP contribution >= 0.6 is 11.6 Å². The van der Waals surface area contributed by atoms with Crippen LogP contribution < -0.4 is 10.2 Å². The molecule has 2 unspecified atom stereocenters. The van der Waals surface area contributed by atoms with Gasteiger partial charge in [-0.15, -0.1) is 0 Å². The summed E-state index contributed by atoms with van der Waals surface area (Å²) in [5.74, 6) is 1.07. The van der Waals surface area contributed by atoms with Crippen molar-refractivity contribution in [3.8, 4) is 0 Å². The van der Waals surface area contributed by atoms with E-state index >= 15 is 0 Å². The molecule has 2 atom stereocenters. The number of hydrogen-bond donors (Lipinski definition) is 1. The van der Waals surface area contributed by atoms with Crippen LogP contribution in [-0.2, 0) is 6.54 Å². The zero-order valence-electron chi connectivity index (χ0n) is 13.9. The second-order valence-corrected chi connectivity index (χ2v) is 7.50. The highest BCUT2D eigenvalue weighted by molar-refractivity contribution is 6.31. The van der Waals surface area contributed by atoms with Gasteiger partial charge in [-0.3, -0.25) is 0 Å². The van der Waals surface area contributed by atoms with Gasteiger partial charge in [0.25, 0.3) is 0 Å². The number of aromatic nitrogens is 1. The van der Waals surface area contributed by atoms with E-state index < -0.39 is 0 Å². The number of hydrogen-bond acceptors (Lipinski definition) is 3. The van der Waals surface area contributed by atoms with Crippen LogP contribution in [0.4, 0.5) is 5.82 Å². The highest BCUT2D eigenvalue weighted by Gasteiger charge is 2.30. The molecule has 4 heteroatoms. The Kier molecular flexibility index (Phi) is 5.15. The van der Waals surface area contributed by atoms with Gasteiger partial charge in [-0.1, -0.05) is 18.5 Å². The molecule has 0 bridgehead atoms. The van der Waals surface area contributed by atoms with Gasteiger partial charge in [-0.2, -0.15) is 0 Å². The third-order valence-corrected chi connectivity index (χ3v) is 4.56. The molecule has 0 spiro atoms. The van der Waals surface area contributed by atoms with E-state index in [0.29, 0.717) is 18.6 Å². The van der Waals surface area contributed by atoms with Gasteiger partial charge >= 0.3 is 0 Å². The summed E-state index contributed by atoms with van der Waals surface area (Å²) in [7, 11) is 0. The van der Waals surface area contributed by atoms with Crippen LogP contribution in [0.25, 0.3) is 0 Å². The van der Waals surface area contributed by atoms with E-state index in [2.05, 4.69) is 50.9 Å². The Labute approximate surface area is 134 Å². The van der Waals surface area contributed by atoms with E-state index in [1.165, 1.54) is 19.3 Å². The Morgan fingerprint density at radius 3 is 2.67 bits per heavy atom. The van der Waals surface area contributed by atoms with Gasteiger partial charge in [0.05, 0.1) is 10.7 Å². The highest BCUT2D eigenvalue weighted by atomic mass is 35.5. The fraction of sp³-hybridized carbons (Fsp3) is 0.706. The topological polar surface area (TPSA) is 28.2 Å². The van der Waals surface area contributed by atoms with Gasteiger partial charge in [0.1, 0.15) is 5.82 Å². The molecule has 3 nitrogen and oxygen atoms in total. The second kappa shape index (κ2) is 6.53. The lowest BCUT2D eigenvalue weighted by Gasteiger charge is -2.30. The van der Waals surface area contributed by atoms with Crippen LogP contribution in [0, 0.1) is 0 Å². The number of rotatable bonds is 4. The summed E-state index contributed by atoms with van der Waals surface area (Å²) >= 11 is 6.32. The average Bonchev–Trinajstić information content (AvgIpc) is 2.78. The molecule has 0 saturated carbocycles. The van der Waals surface area contributed by atoms with Gasteiger partial charge in [0.2, 0.25) is 0 Å². The smallest absolute Gasteiger partial charge is 0.129 e. The third-order valence-electron chi connectivity index (χ3n) is 4.21. The largest absolute Gasteiger partial charge is 0.351 e. The monoisotopic (exact) mass is 309 g/mol. The molecule has 0 aromatic carbocycles. The summed E-state index contributed by atoms with van der Waals surface area (Å²) in [4.78, 5) is 7.31. The Balaban J connectivity index is 2.21. The van der Waals surface area contributed by atoms with E-state index in [1.807, 2.05) is 6.07 Å². The molecule has 118 valence electrons. The lowest BCUT2D eigenvalue weighted by molar-refractivity contribution is 0.421. The quantitative estimate of drug-likeness (QED) is 0.894. The summed E-state index contributed by atoms with van der Waals surface area (Å²) in [6.45, 7) is 11.7. The maximum Gasteiger partial charge on any atom is 0.129 e. The fourth-order valence-electron chi connectivity index (χ4n) is 2.97. The van der Waals surface area contributed by atoms with Crippen molar-refractivity contribution < 1.29 is 0 Å². The van der Waals surface area contributed by atoms with E-state index in [4.69, 9.17) is 16.6 Å². The van der Waals surface area contributed by atoms with Crippen molar-refractivity contribution in [2.75, 3.05) is 4.90 Å². The minimum Gasteiger partial charge on any atom is -0.351 e. The summed E-state index contributed by atoms with van der Waals surface area (Å²) in [6.07, 6.45) is 3.68. The molecule has 1 N–H and O–H groups in total. The van der Waals surface area contributed by atoms with Gasteiger partial charge in [0.15, 0.2) is 0 Å². The zero-order valence-corrected chi connectivity index (χ0v) is 14.7. The van der Waals surface area contributed by atoms with E-state index in [0.717, 1.165) is 16.5 Å². The molecular formula is C17H28ClN3. The average molecular weight is 310 g/mol. The zero-order chi connectivity index (χ0) is 15.6. The first-order chi connectivity index (χ1) is 9.81. The Bertz CT molecular complexity index is 481. The maximum atomic E-state index is 6.32. The van der Waals surface area contributed by atoms with Gasteiger partial charge in [-0.05, 0) is 59.1 Å². The summed E-state index contributed by atoms with van der Waals surface area (Å²) < 4.78 is 0. The van der Waals surface area contributed by atoms with Gasteiger partial charge < -0.3 is 10.2 Å². The summed E-state index contributed by atoms with van der Waals surface area (Å²) in [5.41, 5.74) is 1.01. The Hall–Kier alpha value is -0.800. The summed E-state index contributed by atoms with van der Waals surface area (Å²) in [5, 5.41) is 4.21. The predicted molar refractivity (Wildman–Crippen MR) is 91.1 cm³/mol. The van der Waals surface area contributed by atoms with Gasteiger partial charge in [0, 0.05) is 24.2 Å². The molecule has 21 heavy (non-hydrogen) atoms. The predicted octanol–water partition coefficient (Wildman–Crippen LogP) is 4.39. The molecule has 2 rings (SSSR count). The molecule has 1 aliphatic rings. The van der Waals surface area contributed by atoms with Crippen molar-refractivity contribution in [3.63, 3.8) is 0 Å². The SMILES string of the molecule is CCC1CCC(C)N1c1ccc(Cl)c(CNC(C)(C)C)n1. The molecule has 1 aromatic rings. The van der Waals surface area contributed by atoms with E-state index in [1.54, 1.807) is 0 Å². The minimum atomic E-state index is 0.0634.